The molecule has 0 atom stereocenters. The first-order chi connectivity index (χ1) is 12.2. The van der Waals surface area contributed by atoms with Crippen molar-refractivity contribution in [3.05, 3.63) is 80.7 Å². The molecule has 0 saturated heterocycles. The molecular weight excluding hydrogens is 356 g/mol. The Kier molecular flexibility index (Phi) is 4.68. The van der Waals surface area contributed by atoms with E-state index in [4.69, 9.17) is 16.0 Å². The average Bonchev–Trinajstić information content (AvgIpc) is 3.29. The summed E-state index contributed by atoms with van der Waals surface area (Å²) in [6, 6.07) is 11.5. The summed E-state index contributed by atoms with van der Waals surface area (Å²) in [5.74, 6) is 1.55. The van der Waals surface area contributed by atoms with Crippen LogP contribution in [-0.2, 0) is 25.1 Å². The molecule has 0 N–H and O–H groups in total. The Morgan fingerprint density at radius 2 is 2.04 bits per heavy atom. The molecule has 0 amide bonds. The molecule has 6 heteroatoms. The topological polar surface area (TPSA) is 48.0 Å². The lowest BCUT2D eigenvalue weighted by atomic mass is 10.2. The normalized spacial score (nSPS) is 13.2. The van der Waals surface area contributed by atoms with Gasteiger partial charge in [0, 0.05) is 22.0 Å². The summed E-state index contributed by atoms with van der Waals surface area (Å²) in [4.78, 5) is 16.9. The summed E-state index contributed by atoms with van der Waals surface area (Å²) < 4.78 is 7.15. The number of thioether (sulfide) groups is 1. The van der Waals surface area contributed by atoms with Crippen LogP contribution in [0.1, 0.15) is 29.0 Å². The van der Waals surface area contributed by atoms with Crippen LogP contribution in [0.25, 0.3) is 0 Å². The minimum absolute atomic E-state index is 0.198. The van der Waals surface area contributed by atoms with Gasteiger partial charge in [0.25, 0.3) is 0 Å². The van der Waals surface area contributed by atoms with Gasteiger partial charge in [0.2, 0.25) is 0 Å². The van der Waals surface area contributed by atoms with Crippen LogP contribution in [0.15, 0.2) is 56.9 Å². The Bertz CT molecular complexity index is 933. The number of hydrogen-bond acceptors (Lipinski definition) is 4. The van der Waals surface area contributed by atoms with E-state index in [1.165, 1.54) is 11.1 Å². The molecular formula is C19H17ClN2O2S. The molecule has 1 aliphatic carbocycles. The standard InChI is InChI=1S/C19H17ClN2O2S/c20-14-8-6-13(7-9-14)12-25-18-16-4-1-5-17(16)22(19(23)21-18)11-15-3-2-10-24-15/h2-3,6-10H,1,4-5,11-12H2. The highest BCUT2D eigenvalue weighted by Gasteiger charge is 2.22. The number of benzene rings is 1. The van der Waals surface area contributed by atoms with Gasteiger partial charge in [-0.25, -0.2) is 4.79 Å². The predicted molar refractivity (Wildman–Crippen MR) is 99.3 cm³/mol. The predicted octanol–water partition coefficient (Wildman–Crippen LogP) is 4.32. The lowest BCUT2D eigenvalue weighted by Crippen LogP contribution is -2.27. The second-order valence-electron chi connectivity index (χ2n) is 6.06. The van der Waals surface area contributed by atoms with Gasteiger partial charge in [0.1, 0.15) is 10.8 Å². The summed E-state index contributed by atoms with van der Waals surface area (Å²) in [6.45, 7) is 0.448. The molecule has 0 bridgehead atoms. The maximum Gasteiger partial charge on any atom is 0.349 e. The highest BCUT2D eigenvalue weighted by atomic mass is 35.5. The van der Waals surface area contributed by atoms with E-state index in [0.717, 1.165) is 46.5 Å². The van der Waals surface area contributed by atoms with Crippen molar-refractivity contribution in [3.63, 3.8) is 0 Å². The van der Waals surface area contributed by atoms with Crippen molar-refractivity contribution in [2.75, 3.05) is 0 Å². The summed E-state index contributed by atoms with van der Waals surface area (Å²) in [5, 5.41) is 1.59. The fourth-order valence-electron chi connectivity index (χ4n) is 3.16. The SMILES string of the molecule is O=c1nc(SCc2ccc(Cl)cc2)c2c(n1Cc1ccco1)CCC2. The highest BCUT2D eigenvalue weighted by molar-refractivity contribution is 7.98. The molecule has 128 valence electrons. The van der Waals surface area contributed by atoms with Gasteiger partial charge in [-0.1, -0.05) is 23.7 Å². The third kappa shape index (κ3) is 3.53. The summed E-state index contributed by atoms with van der Waals surface area (Å²) in [6.07, 6.45) is 4.59. The van der Waals surface area contributed by atoms with Gasteiger partial charge >= 0.3 is 5.69 Å². The molecule has 0 saturated carbocycles. The molecule has 2 aromatic heterocycles. The van der Waals surface area contributed by atoms with Gasteiger partial charge in [-0.05, 0) is 49.1 Å². The van der Waals surface area contributed by atoms with E-state index in [1.54, 1.807) is 22.6 Å². The Morgan fingerprint density at radius 1 is 1.20 bits per heavy atom. The average molecular weight is 373 g/mol. The number of hydrogen-bond donors (Lipinski definition) is 0. The molecule has 0 unspecified atom stereocenters. The lowest BCUT2D eigenvalue weighted by molar-refractivity contribution is 0.481. The van der Waals surface area contributed by atoms with E-state index in [1.807, 2.05) is 36.4 Å². The van der Waals surface area contributed by atoms with Crippen LogP contribution in [0.2, 0.25) is 5.02 Å². The largest absolute Gasteiger partial charge is 0.467 e. The quantitative estimate of drug-likeness (QED) is 0.494. The van der Waals surface area contributed by atoms with E-state index >= 15 is 0 Å². The maximum atomic E-state index is 12.6. The Labute approximate surface area is 154 Å². The van der Waals surface area contributed by atoms with Crippen LogP contribution in [0.4, 0.5) is 0 Å². The number of fused-ring (bicyclic) bond motifs is 1. The van der Waals surface area contributed by atoms with E-state index < -0.39 is 0 Å². The minimum Gasteiger partial charge on any atom is -0.467 e. The van der Waals surface area contributed by atoms with E-state index in [0.29, 0.717) is 6.54 Å². The van der Waals surface area contributed by atoms with E-state index in [9.17, 15) is 4.79 Å². The molecule has 1 aromatic carbocycles. The number of halogens is 1. The van der Waals surface area contributed by atoms with Crippen LogP contribution in [-0.4, -0.2) is 9.55 Å². The first-order valence-corrected chi connectivity index (χ1v) is 9.59. The van der Waals surface area contributed by atoms with E-state index in [2.05, 4.69) is 4.98 Å². The first-order valence-electron chi connectivity index (χ1n) is 8.23. The zero-order chi connectivity index (χ0) is 17.2. The van der Waals surface area contributed by atoms with Crippen LogP contribution in [0, 0.1) is 0 Å². The summed E-state index contributed by atoms with van der Waals surface area (Å²) >= 11 is 7.56. The second-order valence-corrected chi connectivity index (χ2v) is 7.46. The Hall–Kier alpha value is -1.98. The maximum absolute atomic E-state index is 12.6. The van der Waals surface area contributed by atoms with Crippen molar-refractivity contribution < 1.29 is 4.42 Å². The van der Waals surface area contributed by atoms with Crippen LogP contribution >= 0.6 is 23.4 Å². The van der Waals surface area contributed by atoms with Gasteiger partial charge in [-0.15, -0.1) is 11.8 Å². The highest BCUT2D eigenvalue weighted by Crippen LogP contribution is 2.31. The Balaban J connectivity index is 1.61. The molecule has 1 aliphatic rings. The zero-order valence-electron chi connectivity index (χ0n) is 13.6. The van der Waals surface area contributed by atoms with Gasteiger partial charge < -0.3 is 4.42 Å². The van der Waals surface area contributed by atoms with Gasteiger partial charge in [-0.2, -0.15) is 4.98 Å². The van der Waals surface area contributed by atoms with Crippen LogP contribution < -0.4 is 5.69 Å². The minimum atomic E-state index is -0.198. The molecule has 0 spiro atoms. The van der Waals surface area contributed by atoms with Crippen molar-refractivity contribution in [1.82, 2.24) is 9.55 Å². The molecule has 25 heavy (non-hydrogen) atoms. The smallest absolute Gasteiger partial charge is 0.349 e. The lowest BCUT2D eigenvalue weighted by Gasteiger charge is -2.13. The van der Waals surface area contributed by atoms with Gasteiger partial charge in [0.05, 0.1) is 12.8 Å². The molecule has 2 heterocycles. The fourth-order valence-corrected chi connectivity index (χ4v) is 4.32. The second kappa shape index (κ2) is 7.10. The van der Waals surface area contributed by atoms with Crippen molar-refractivity contribution in [3.8, 4) is 0 Å². The third-order valence-corrected chi connectivity index (χ3v) is 5.72. The molecule has 4 nitrogen and oxygen atoms in total. The summed E-state index contributed by atoms with van der Waals surface area (Å²) in [7, 11) is 0. The van der Waals surface area contributed by atoms with Crippen molar-refractivity contribution in [1.29, 1.82) is 0 Å². The van der Waals surface area contributed by atoms with Crippen molar-refractivity contribution in [2.45, 2.75) is 36.6 Å². The number of rotatable bonds is 5. The van der Waals surface area contributed by atoms with E-state index in [-0.39, 0.29) is 5.69 Å². The third-order valence-electron chi connectivity index (χ3n) is 4.38. The van der Waals surface area contributed by atoms with Crippen LogP contribution in [0.3, 0.4) is 0 Å². The number of furan rings is 1. The molecule has 3 aromatic rings. The molecule has 0 aliphatic heterocycles. The summed E-state index contributed by atoms with van der Waals surface area (Å²) in [5.41, 5.74) is 3.29. The van der Waals surface area contributed by atoms with Gasteiger partial charge in [-0.3, -0.25) is 4.57 Å². The van der Waals surface area contributed by atoms with Crippen LogP contribution in [0.5, 0.6) is 0 Å². The zero-order valence-corrected chi connectivity index (χ0v) is 15.1. The first kappa shape index (κ1) is 16.5. The van der Waals surface area contributed by atoms with Crippen molar-refractivity contribution >= 4 is 23.4 Å². The number of aromatic nitrogens is 2. The molecule has 0 radical (unpaired) electrons. The molecule has 0 fully saturated rings. The fraction of sp³-hybridized carbons (Fsp3) is 0.263. The number of nitrogens with zero attached hydrogens (tertiary/aromatic N) is 2. The van der Waals surface area contributed by atoms with Crippen molar-refractivity contribution in [2.24, 2.45) is 0 Å². The monoisotopic (exact) mass is 372 g/mol. The molecule has 4 rings (SSSR count). The van der Waals surface area contributed by atoms with Gasteiger partial charge in [0.15, 0.2) is 0 Å². The Morgan fingerprint density at radius 3 is 2.80 bits per heavy atom.